The number of halogens is 1. The minimum Gasteiger partial charge on any atom is -0.348 e. The Morgan fingerprint density at radius 3 is 2.43 bits per heavy atom. The molecular weight excluding hydrogens is 260 g/mol. The predicted molar refractivity (Wildman–Crippen MR) is 67.1 cm³/mol. The molecule has 4 heteroatoms. The zero-order valence-electron chi connectivity index (χ0n) is 9.34. The van der Waals surface area contributed by atoms with E-state index in [2.05, 4.69) is 60.6 Å². The van der Waals surface area contributed by atoms with E-state index in [9.17, 15) is 0 Å². The second kappa shape index (κ2) is 4.19. The molecule has 0 radical (unpaired) electrons. The summed E-state index contributed by atoms with van der Waals surface area (Å²) in [6.07, 6.45) is 0. The van der Waals surface area contributed by atoms with Crippen LogP contribution in [0.2, 0.25) is 0 Å². The normalized spacial score (nSPS) is 14.1. The van der Waals surface area contributed by atoms with E-state index in [1.165, 1.54) is 0 Å². The Morgan fingerprint density at radius 2 is 2.07 bits per heavy atom. The molecular formula is C10H17BrN2S. The minimum atomic E-state index is 0.271. The largest absolute Gasteiger partial charge is 0.348 e. The zero-order valence-corrected chi connectivity index (χ0v) is 11.7. The van der Waals surface area contributed by atoms with E-state index in [-0.39, 0.29) is 5.41 Å². The van der Waals surface area contributed by atoms with Crippen molar-refractivity contribution in [2.45, 2.75) is 33.7 Å². The summed E-state index contributed by atoms with van der Waals surface area (Å²) in [6.45, 7) is 8.97. The second-order valence-corrected chi connectivity index (χ2v) is 6.25. The first-order chi connectivity index (χ1) is 6.32. The molecule has 1 rings (SSSR count). The third-order valence-corrected chi connectivity index (χ3v) is 4.24. The van der Waals surface area contributed by atoms with Crippen LogP contribution in [-0.2, 0) is 0 Å². The van der Waals surface area contributed by atoms with Gasteiger partial charge in [-0.2, -0.15) is 0 Å². The number of nitrogens with zero attached hydrogens (tertiary/aromatic N) is 2. The van der Waals surface area contributed by atoms with Gasteiger partial charge in [-0.1, -0.05) is 20.8 Å². The van der Waals surface area contributed by atoms with Crippen LogP contribution in [0.1, 0.15) is 27.7 Å². The lowest BCUT2D eigenvalue weighted by Gasteiger charge is -2.35. The SMILES string of the molecule is CC(N(C)c1nc(Br)cs1)C(C)(C)C. The van der Waals surface area contributed by atoms with E-state index in [1.54, 1.807) is 11.3 Å². The van der Waals surface area contributed by atoms with Crippen LogP contribution in [0.3, 0.4) is 0 Å². The number of hydrogen-bond acceptors (Lipinski definition) is 3. The van der Waals surface area contributed by atoms with Crippen LogP contribution < -0.4 is 4.90 Å². The quantitative estimate of drug-likeness (QED) is 0.818. The van der Waals surface area contributed by atoms with Gasteiger partial charge in [-0.25, -0.2) is 4.98 Å². The van der Waals surface area contributed by atoms with Gasteiger partial charge in [0.1, 0.15) is 4.60 Å². The highest BCUT2D eigenvalue weighted by Gasteiger charge is 2.25. The van der Waals surface area contributed by atoms with Crippen LogP contribution >= 0.6 is 27.3 Å². The molecule has 1 aromatic rings. The van der Waals surface area contributed by atoms with Crippen LogP contribution in [0.5, 0.6) is 0 Å². The molecule has 0 N–H and O–H groups in total. The van der Waals surface area contributed by atoms with E-state index >= 15 is 0 Å². The lowest BCUT2D eigenvalue weighted by Crippen LogP contribution is -2.39. The molecule has 0 saturated carbocycles. The summed E-state index contributed by atoms with van der Waals surface area (Å²) in [7, 11) is 2.10. The molecule has 0 aliphatic carbocycles. The molecule has 0 fully saturated rings. The molecule has 0 aliphatic rings. The van der Waals surface area contributed by atoms with E-state index < -0.39 is 0 Å². The Kier molecular flexibility index (Phi) is 3.58. The van der Waals surface area contributed by atoms with Crippen molar-refractivity contribution >= 4 is 32.4 Å². The third kappa shape index (κ3) is 2.70. The van der Waals surface area contributed by atoms with E-state index in [0.717, 1.165) is 9.73 Å². The maximum atomic E-state index is 4.41. The molecule has 1 heterocycles. The summed E-state index contributed by atoms with van der Waals surface area (Å²) in [5.74, 6) is 0. The summed E-state index contributed by atoms with van der Waals surface area (Å²) in [5, 5.41) is 3.08. The van der Waals surface area contributed by atoms with Crippen molar-refractivity contribution in [2.75, 3.05) is 11.9 Å². The average Bonchev–Trinajstić information content (AvgIpc) is 2.47. The number of rotatable bonds is 2. The van der Waals surface area contributed by atoms with Crippen LogP contribution in [0.15, 0.2) is 9.98 Å². The van der Waals surface area contributed by atoms with Crippen molar-refractivity contribution < 1.29 is 0 Å². The van der Waals surface area contributed by atoms with Gasteiger partial charge in [-0.05, 0) is 28.3 Å². The number of hydrogen-bond donors (Lipinski definition) is 0. The van der Waals surface area contributed by atoms with Gasteiger partial charge in [-0.15, -0.1) is 11.3 Å². The highest BCUT2D eigenvalue weighted by atomic mass is 79.9. The van der Waals surface area contributed by atoms with Gasteiger partial charge >= 0.3 is 0 Å². The topological polar surface area (TPSA) is 16.1 Å². The van der Waals surface area contributed by atoms with Crippen molar-refractivity contribution in [1.82, 2.24) is 4.98 Å². The smallest absolute Gasteiger partial charge is 0.186 e. The fraction of sp³-hybridized carbons (Fsp3) is 0.700. The number of thiazole rings is 1. The van der Waals surface area contributed by atoms with Gasteiger partial charge in [0.2, 0.25) is 0 Å². The van der Waals surface area contributed by atoms with Crippen molar-refractivity contribution in [3.05, 3.63) is 9.98 Å². The van der Waals surface area contributed by atoms with Gasteiger partial charge in [0.15, 0.2) is 5.13 Å². The first kappa shape index (κ1) is 12.0. The van der Waals surface area contributed by atoms with Crippen molar-refractivity contribution in [1.29, 1.82) is 0 Å². The second-order valence-electron chi connectivity index (χ2n) is 4.61. The maximum Gasteiger partial charge on any atom is 0.186 e. The zero-order chi connectivity index (χ0) is 10.9. The molecule has 1 atom stereocenters. The van der Waals surface area contributed by atoms with Gasteiger partial charge in [0.05, 0.1) is 0 Å². The first-order valence-corrected chi connectivity index (χ1v) is 6.33. The van der Waals surface area contributed by atoms with Crippen molar-refractivity contribution in [3.63, 3.8) is 0 Å². The summed E-state index contributed by atoms with van der Waals surface area (Å²) in [4.78, 5) is 6.64. The molecule has 1 aromatic heterocycles. The summed E-state index contributed by atoms with van der Waals surface area (Å²) < 4.78 is 0.922. The van der Waals surface area contributed by atoms with Crippen LogP contribution in [0, 0.1) is 5.41 Å². The van der Waals surface area contributed by atoms with Gasteiger partial charge in [0.25, 0.3) is 0 Å². The molecule has 0 saturated heterocycles. The highest BCUT2D eigenvalue weighted by Crippen LogP contribution is 2.30. The average molecular weight is 277 g/mol. The molecule has 80 valence electrons. The van der Waals surface area contributed by atoms with E-state index in [0.29, 0.717) is 6.04 Å². The van der Waals surface area contributed by atoms with E-state index in [1.807, 2.05) is 5.38 Å². The molecule has 0 amide bonds. The number of anilines is 1. The Hall–Kier alpha value is -0.0900. The van der Waals surface area contributed by atoms with Gasteiger partial charge in [-0.3, -0.25) is 0 Å². The number of aromatic nitrogens is 1. The summed E-state index contributed by atoms with van der Waals surface area (Å²) in [6, 6.07) is 0.473. The van der Waals surface area contributed by atoms with Crippen molar-refractivity contribution in [3.8, 4) is 0 Å². The Labute approximate surface area is 98.5 Å². The summed E-state index contributed by atoms with van der Waals surface area (Å²) in [5.41, 5.74) is 0.271. The van der Waals surface area contributed by atoms with Crippen LogP contribution in [0.4, 0.5) is 5.13 Å². The molecule has 2 nitrogen and oxygen atoms in total. The molecule has 0 aromatic carbocycles. The van der Waals surface area contributed by atoms with Gasteiger partial charge < -0.3 is 4.90 Å². The lowest BCUT2D eigenvalue weighted by molar-refractivity contribution is 0.329. The Bertz CT molecular complexity index is 303. The third-order valence-electron chi connectivity index (χ3n) is 2.60. The highest BCUT2D eigenvalue weighted by molar-refractivity contribution is 9.10. The molecule has 0 bridgehead atoms. The van der Waals surface area contributed by atoms with E-state index in [4.69, 9.17) is 0 Å². The maximum absolute atomic E-state index is 4.41. The van der Waals surface area contributed by atoms with Crippen molar-refractivity contribution in [2.24, 2.45) is 5.41 Å². The summed E-state index contributed by atoms with van der Waals surface area (Å²) >= 11 is 5.04. The Morgan fingerprint density at radius 1 is 1.50 bits per heavy atom. The van der Waals surface area contributed by atoms with Crippen LogP contribution in [0.25, 0.3) is 0 Å². The van der Waals surface area contributed by atoms with Gasteiger partial charge in [0, 0.05) is 18.5 Å². The standard InChI is InChI=1S/C10H17BrN2S/c1-7(10(2,3)4)13(5)9-12-8(11)6-14-9/h6-7H,1-5H3. The monoisotopic (exact) mass is 276 g/mol. The first-order valence-electron chi connectivity index (χ1n) is 4.66. The predicted octanol–water partition coefficient (Wildman–Crippen LogP) is 3.78. The van der Waals surface area contributed by atoms with Crippen LogP contribution in [-0.4, -0.2) is 18.1 Å². The fourth-order valence-corrected chi connectivity index (χ4v) is 2.45. The minimum absolute atomic E-state index is 0.271. The Balaban J connectivity index is 2.80. The fourth-order valence-electron chi connectivity index (χ4n) is 1.15. The lowest BCUT2D eigenvalue weighted by atomic mass is 9.87. The molecule has 0 spiro atoms. The molecule has 0 aliphatic heterocycles. The molecule has 14 heavy (non-hydrogen) atoms. The molecule has 1 unspecified atom stereocenters.